The van der Waals surface area contributed by atoms with Gasteiger partial charge in [-0.3, -0.25) is 14.5 Å². The fraction of sp³-hybridized carbons (Fsp3) is 0.500. The van der Waals surface area contributed by atoms with E-state index in [1.165, 1.54) is 14.2 Å². The Morgan fingerprint density at radius 1 is 0.870 bits per heavy atom. The highest BCUT2D eigenvalue weighted by Gasteiger charge is 2.38. The summed E-state index contributed by atoms with van der Waals surface area (Å²) < 4.78 is 40.1. The minimum Gasteiger partial charge on any atom is -0.496 e. The third-order valence-corrected chi connectivity index (χ3v) is 10.2. The quantitative estimate of drug-likeness (QED) is 0.112. The number of ether oxygens (including phenoxy) is 7. The van der Waals surface area contributed by atoms with Gasteiger partial charge >= 0.3 is 5.97 Å². The van der Waals surface area contributed by atoms with Crippen molar-refractivity contribution >= 4 is 18.2 Å². The number of aldehydes is 1. The summed E-state index contributed by atoms with van der Waals surface area (Å²) >= 11 is 0. The molecular formula is C42H54N2O10. The molecule has 0 saturated carbocycles. The molecule has 1 amide bonds. The number of hydrogen-bond donors (Lipinski definition) is 0. The Hall–Kier alpha value is -4.81. The van der Waals surface area contributed by atoms with E-state index < -0.39 is 24.0 Å². The first-order valence-corrected chi connectivity index (χ1v) is 18.8. The van der Waals surface area contributed by atoms with Gasteiger partial charge in [0.2, 0.25) is 11.7 Å². The molecule has 2 fully saturated rings. The van der Waals surface area contributed by atoms with E-state index in [0.29, 0.717) is 78.7 Å². The van der Waals surface area contributed by atoms with Gasteiger partial charge in [-0.15, -0.1) is 0 Å². The molecule has 0 bridgehead atoms. The Morgan fingerprint density at radius 3 is 2.28 bits per heavy atom. The van der Waals surface area contributed by atoms with Crippen LogP contribution < -0.4 is 23.7 Å². The Labute approximate surface area is 318 Å². The highest BCUT2D eigenvalue weighted by Crippen LogP contribution is 2.41. The number of likely N-dealkylation sites (tertiary alicyclic amines) is 1. The Bertz CT molecular complexity index is 1680. The van der Waals surface area contributed by atoms with Gasteiger partial charge in [0.15, 0.2) is 17.8 Å². The van der Waals surface area contributed by atoms with Crippen LogP contribution in [-0.2, 0) is 25.5 Å². The molecule has 12 nitrogen and oxygen atoms in total. The van der Waals surface area contributed by atoms with E-state index in [2.05, 4.69) is 4.90 Å². The first-order valence-electron chi connectivity index (χ1n) is 18.8. The lowest BCUT2D eigenvalue weighted by Crippen LogP contribution is -2.50. The summed E-state index contributed by atoms with van der Waals surface area (Å²) in [6.45, 7) is 6.89. The van der Waals surface area contributed by atoms with Crippen molar-refractivity contribution in [1.29, 1.82) is 0 Å². The van der Waals surface area contributed by atoms with Gasteiger partial charge in [-0.1, -0.05) is 25.1 Å². The van der Waals surface area contributed by atoms with Crippen molar-refractivity contribution < 1.29 is 47.5 Å². The Balaban J connectivity index is 1.37. The maximum Gasteiger partial charge on any atom is 0.329 e. The summed E-state index contributed by atoms with van der Waals surface area (Å²) in [7, 11) is 6.15. The molecule has 0 aromatic heterocycles. The lowest BCUT2D eigenvalue weighted by molar-refractivity contribution is -0.162. The lowest BCUT2D eigenvalue weighted by Gasteiger charge is -2.37. The van der Waals surface area contributed by atoms with Crippen molar-refractivity contribution in [3.63, 3.8) is 0 Å². The fourth-order valence-electron chi connectivity index (χ4n) is 7.24. The number of nitrogens with zero attached hydrogens (tertiary/aromatic N) is 2. The summed E-state index contributed by atoms with van der Waals surface area (Å²) in [6, 6.07) is 16.0. The zero-order valence-electron chi connectivity index (χ0n) is 32.2. The molecule has 0 spiro atoms. The minimum atomic E-state index is -0.746. The number of hydrogen-bond acceptors (Lipinski definition) is 11. The second-order valence-electron chi connectivity index (χ2n) is 13.5. The molecule has 2 aliphatic rings. The molecule has 0 N–H and O–H groups in total. The van der Waals surface area contributed by atoms with E-state index in [0.717, 1.165) is 63.1 Å². The largest absolute Gasteiger partial charge is 0.496 e. The maximum absolute atomic E-state index is 14.4. The summed E-state index contributed by atoms with van der Waals surface area (Å²) in [5.41, 5.74) is 2.91. The second kappa shape index (κ2) is 20.0. The van der Waals surface area contributed by atoms with Crippen molar-refractivity contribution in [3.8, 4) is 28.7 Å². The van der Waals surface area contributed by atoms with Crippen molar-refractivity contribution in [3.05, 3.63) is 76.9 Å². The summed E-state index contributed by atoms with van der Waals surface area (Å²) in [4.78, 5) is 44.2. The van der Waals surface area contributed by atoms with Crippen molar-refractivity contribution in [2.45, 2.75) is 63.5 Å². The normalized spacial score (nSPS) is 17.2. The molecule has 2 heterocycles. The van der Waals surface area contributed by atoms with Gasteiger partial charge in [0.25, 0.3) is 0 Å². The number of methoxy groups -OCH3 is 4. The maximum atomic E-state index is 14.4. The van der Waals surface area contributed by atoms with Crippen LogP contribution in [0.1, 0.15) is 78.1 Å². The van der Waals surface area contributed by atoms with Crippen LogP contribution in [0.5, 0.6) is 28.7 Å². The summed E-state index contributed by atoms with van der Waals surface area (Å²) in [6.07, 6.45) is 3.71. The molecule has 2 saturated heterocycles. The van der Waals surface area contributed by atoms with Crippen LogP contribution in [0, 0.1) is 0 Å². The van der Waals surface area contributed by atoms with Gasteiger partial charge in [-0.2, -0.15) is 0 Å². The lowest BCUT2D eigenvalue weighted by atomic mass is 9.91. The first kappa shape index (κ1) is 40.4. The molecule has 12 heteroatoms. The van der Waals surface area contributed by atoms with Gasteiger partial charge in [0, 0.05) is 26.2 Å². The smallest absolute Gasteiger partial charge is 0.329 e. The van der Waals surface area contributed by atoms with Crippen LogP contribution in [-0.4, -0.2) is 108 Å². The van der Waals surface area contributed by atoms with Crippen LogP contribution in [0.4, 0.5) is 0 Å². The molecule has 3 aromatic carbocycles. The Kier molecular flexibility index (Phi) is 15.0. The molecule has 2 aliphatic heterocycles. The topological polar surface area (TPSA) is 122 Å². The second-order valence-corrected chi connectivity index (χ2v) is 13.5. The molecule has 0 radical (unpaired) electrons. The van der Waals surface area contributed by atoms with Gasteiger partial charge in [0.1, 0.15) is 30.3 Å². The predicted molar refractivity (Wildman–Crippen MR) is 203 cm³/mol. The number of rotatable bonds is 18. The van der Waals surface area contributed by atoms with Crippen LogP contribution in [0.3, 0.4) is 0 Å². The number of benzene rings is 3. The number of aryl methyl sites for hydroxylation is 1. The van der Waals surface area contributed by atoms with Gasteiger partial charge in [0.05, 0.1) is 53.1 Å². The average molecular weight is 747 g/mol. The monoisotopic (exact) mass is 746 g/mol. The molecule has 3 aromatic rings. The zero-order valence-corrected chi connectivity index (χ0v) is 32.2. The number of piperidine rings is 1. The number of carbonyl (C=O) groups is 3. The third kappa shape index (κ3) is 10.0. The molecule has 3 atom stereocenters. The van der Waals surface area contributed by atoms with E-state index in [-0.39, 0.29) is 5.91 Å². The highest BCUT2D eigenvalue weighted by molar-refractivity contribution is 5.89. The predicted octanol–water partition coefficient (Wildman–Crippen LogP) is 6.04. The van der Waals surface area contributed by atoms with Crippen LogP contribution in [0.15, 0.2) is 54.6 Å². The molecule has 292 valence electrons. The Morgan fingerprint density at radius 2 is 1.61 bits per heavy atom. The molecular weight excluding hydrogens is 692 g/mol. The van der Waals surface area contributed by atoms with E-state index in [9.17, 15) is 14.4 Å². The molecule has 3 unspecified atom stereocenters. The minimum absolute atomic E-state index is 0.150. The van der Waals surface area contributed by atoms with Crippen LogP contribution in [0.25, 0.3) is 0 Å². The molecule has 5 rings (SSSR count). The van der Waals surface area contributed by atoms with E-state index in [4.69, 9.17) is 33.2 Å². The number of esters is 1. The first-order chi connectivity index (χ1) is 26.3. The fourth-order valence-corrected chi connectivity index (χ4v) is 7.24. The standard InChI is InChI=1S/C42H54N2O10/c1-6-34(32-26-38(49-3)40(51-5)39(27-32)50-4)41(46)44-17-8-7-12-35(44)42(47)54-36(16-14-29-13-15-31(28-45)37(24-29)48-2)30-10-9-11-33(25-30)53-23-20-43-18-21-52-22-19-43/h9-11,13,15,24-28,34-36H,6-8,12,14,16-23H2,1-5H3. The number of carbonyl (C=O) groups excluding carboxylic acids is 3. The van der Waals surface area contributed by atoms with E-state index in [1.807, 2.05) is 43.3 Å². The van der Waals surface area contributed by atoms with E-state index in [1.54, 1.807) is 37.3 Å². The number of morpholine rings is 1. The van der Waals surface area contributed by atoms with Crippen molar-refractivity contribution in [2.24, 2.45) is 0 Å². The average Bonchev–Trinajstić information content (AvgIpc) is 3.22. The third-order valence-electron chi connectivity index (χ3n) is 10.2. The summed E-state index contributed by atoms with van der Waals surface area (Å²) in [5, 5.41) is 0. The highest BCUT2D eigenvalue weighted by atomic mass is 16.5. The van der Waals surface area contributed by atoms with Crippen LogP contribution in [0.2, 0.25) is 0 Å². The SMILES string of the molecule is CCC(C(=O)N1CCCCC1C(=O)OC(CCc1ccc(C=O)c(OC)c1)c1cccc(OCCN2CCOCC2)c1)c1cc(OC)c(OC)c(OC)c1. The van der Waals surface area contributed by atoms with Gasteiger partial charge < -0.3 is 38.1 Å². The van der Waals surface area contributed by atoms with E-state index >= 15 is 0 Å². The van der Waals surface area contributed by atoms with Crippen molar-refractivity contribution in [2.75, 3.05) is 74.4 Å². The summed E-state index contributed by atoms with van der Waals surface area (Å²) in [5.74, 6) is 1.40. The van der Waals surface area contributed by atoms with Gasteiger partial charge in [-0.25, -0.2) is 4.79 Å². The van der Waals surface area contributed by atoms with Gasteiger partial charge in [-0.05, 0) is 91.6 Å². The van der Waals surface area contributed by atoms with Crippen molar-refractivity contribution in [1.82, 2.24) is 9.80 Å². The molecule has 54 heavy (non-hydrogen) atoms. The molecule has 0 aliphatic carbocycles. The zero-order chi connectivity index (χ0) is 38.5. The number of amides is 1. The van der Waals surface area contributed by atoms with Crippen LogP contribution >= 0.6 is 0 Å².